The number of aromatic hydroxyl groups is 5. The lowest BCUT2D eigenvalue weighted by Crippen LogP contribution is -1.95. The number of benzene rings is 4. The first-order valence-electron chi connectivity index (χ1n) is 11.0. The summed E-state index contributed by atoms with van der Waals surface area (Å²) in [5, 5.41) is 50.1. The van der Waals surface area contributed by atoms with Gasteiger partial charge in [-0.05, 0) is 96.5 Å². The molecule has 174 valence electrons. The first-order chi connectivity index (χ1) is 16.4. The molecule has 0 aliphatic heterocycles. The molecule has 0 unspecified atom stereocenters. The molecule has 0 saturated heterocycles. The molecule has 0 saturated carbocycles. The van der Waals surface area contributed by atoms with Gasteiger partial charge in [0.1, 0.15) is 23.0 Å². The van der Waals surface area contributed by atoms with Crippen LogP contribution in [0.3, 0.4) is 0 Å². The van der Waals surface area contributed by atoms with E-state index < -0.39 is 0 Å². The fourth-order valence-corrected chi connectivity index (χ4v) is 3.82. The summed E-state index contributed by atoms with van der Waals surface area (Å²) in [5.41, 5.74) is 3.53. The Bertz CT molecular complexity index is 1260. The molecule has 0 amide bonds. The molecular weight excluding hydrogens is 432 g/mol. The van der Waals surface area contributed by atoms with Crippen LogP contribution in [0.2, 0.25) is 0 Å². The summed E-state index contributed by atoms with van der Waals surface area (Å²) >= 11 is 0. The molecule has 4 aromatic carbocycles. The quantitative estimate of drug-likeness (QED) is 0.236. The Morgan fingerprint density at radius 2 is 1.06 bits per heavy atom. The monoisotopic (exact) mass is 458 g/mol. The van der Waals surface area contributed by atoms with Crippen LogP contribution in [0.15, 0.2) is 78.9 Å². The minimum absolute atomic E-state index is 0.00732. The van der Waals surface area contributed by atoms with E-state index in [9.17, 15) is 25.5 Å². The zero-order chi connectivity index (χ0) is 24.1. The fraction of sp³-hybridized carbons (Fsp3) is 0.143. The maximum Gasteiger partial charge on any atom is 0.210 e. The lowest BCUT2D eigenvalue weighted by molar-refractivity contribution is 0.373. The summed E-state index contributed by atoms with van der Waals surface area (Å²) in [6.45, 7) is 0. The van der Waals surface area contributed by atoms with Gasteiger partial charge in [0.05, 0.1) is 0 Å². The van der Waals surface area contributed by atoms with Crippen LogP contribution in [0.5, 0.6) is 40.2 Å². The third-order valence-electron chi connectivity index (χ3n) is 5.53. The van der Waals surface area contributed by atoms with Crippen molar-refractivity contribution < 1.29 is 30.3 Å². The first kappa shape index (κ1) is 22.9. The number of phenols is 5. The van der Waals surface area contributed by atoms with Crippen LogP contribution in [0.1, 0.15) is 22.3 Å². The molecule has 4 rings (SSSR count). The lowest BCUT2D eigenvalue weighted by atomic mass is 10.0. The van der Waals surface area contributed by atoms with Gasteiger partial charge in [0.15, 0.2) is 11.5 Å². The SMILES string of the molecule is Oc1ccc(CCc2cc(O)c(Oc3cc(O)cc(CCc4cccc(O)c4)c3)c(O)c2)cc1. The normalized spacial score (nSPS) is 10.8. The standard InChI is InChI=1S/C28H26O6/c29-22-10-8-18(9-11-22)4-6-21-15-26(32)28(27(33)16-21)34-25-14-20(13-24(31)17-25)7-5-19-2-1-3-23(30)12-19/h1-3,8-17,29-33H,4-7H2. The fourth-order valence-electron chi connectivity index (χ4n) is 3.82. The summed E-state index contributed by atoms with van der Waals surface area (Å²) in [6, 6.07) is 21.8. The molecule has 0 aliphatic rings. The maximum absolute atomic E-state index is 10.5. The highest BCUT2D eigenvalue weighted by molar-refractivity contribution is 5.55. The highest BCUT2D eigenvalue weighted by Crippen LogP contribution is 2.41. The Morgan fingerprint density at radius 1 is 0.471 bits per heavy atom. The molecule has 6 nitrogen and oxygen atoms in total. The molecule has 6 heteroatoms. The van der Waals surface area contributed by atoms with Crippen molar-refractivity contribution in [3.63, 3.8) is 0 Å². The van der Waals surface area contributed by atoms with Gasteiger partial charge in [0.2, 0.25) is 5.75 Å². The number of phenolic OH excluding ortho intramolecular Hbond substituents is 5. The predicted molar refractivity (Wildman–Crippen MR) is 129 cm³/mol. The van der Waals surface area contributed by atoms with Crippen molar-refractivity contribution in [2.75, 3.05) is 0 Å². The highest BCUT2D eigenvalue weighted by atomic mass is 16.5. The van der Waals surface area contributed by atoms with Gasteiger partial charge in [-0.3, -0.25) is 0 Å². The minimum atomic E-state index is -0.203. The van der Waals surface area contributed by atoms with E-state index in [1.165, 1.54) is 6.07 Å². The van der Waals surface area contributed by atoms with Crippen molar-refractivity contribution in [2.24, 2.45) is 0 Å². The Morgan fingerprint density at radius 3 is 1.74 bits per heavy atom. The molecule has 5 N–H and O–H groups in total. The summed E-state index contributed by atoms with van der Waals surface area (Å²) < 4.78 is 5.74. The van der Waals surface area contributed by atoms with E-state index in [-0.39, 0.29) is 40.2 Å². The topological polar surface area (TPSA) is 110 Å². The average Bonchev–Trinajstić information content (AvgIpc) is 2.79. The van der Waals surface area contributed by atoms with Gasteiger partial charge in [-0.2, -0.15) is 0 Å². The second kappa shape index (κ2) is 10.1. The summed E-state index contributed by atoms with van der Waals surface area (Å²) in [4.78, 5) is 0. The van der Waals surface area contributed by atoms with Crippen LogP contribution in [-0.4, -0.2) is 25.5 Å². The Labute approximate surface area is 197 Å². The molecule has 0 aliphatic carbocycles. The smallest absolute Gasteiger partial charge is 0.210 e. The van der Waals surface area contributed by atoms with Crippen LogP contribution < -0.4 is 4.74 Å². The van der Waals surface area contributed by atoms with E-state index in [4.69, 9.17) is 4.74 Å². The largest absolute Gasteiger partial charge is 0.508 e. The van der Waals surface area contributed by atoms with E-state index in [0.717, 1.165) is 22.3 Å². The van der Waals surface area contributed by atoms with Crippen molar-refractivity contribution in [2.45, 2.75) is 25.7 Å². The van der Waals surface area contributed by atoms with Crippen LogP contribution >= 0.6 is 0 Å². The van der Waals surface area contributed by atoms with Gasteiger partial charge in [-0.25, -0.2) is 0 Å². The third-order valence-corrected chi connectivity index (χ3v) is 5.53. The molecule has 0 spiro atoms. The van der Waals surface area contributed by atoms with E-state index in [0.29, 0.717) is 25.7 Å². The van der Waals surface area contributed by atoms with E-state index >= 15 is 0 Å². The summed E-state index contributed by atoms with van der Waals surface area (Å²) in [7, 11) is 0. The Hall–Kier alpha value is -4.32. The second-order valence-corrected chi connectivity index (χ2v) is 8.24. The molecule has 0 atom stereocenters. The van der Waals surface area contributed by atoms with E-state index in [1.54, 1.807) is 54.6 Å². The maximum atomic E-state index is 10.5. The van der Waals surface area contributed by atoms with Crippen LogP contribution in [0, 0.1) is 0 Å². The molecule has 0 heterocycles. The number of aryl methyl sites for hydroxylation is 4. The lowest BCUT2D eigenvalue weighted by Gasteiger charge is -2.13. The van der Waals surface area contributed by atoms with Gasteiger partial charge in [0.25, 0.3) is 0 Å². The van der Waals surface area contributed by atoms with Gasteiger partial charge in [-0.15, -0.1) is 0 Å². The van der Waals surface area contributed by atoms with Gasteiger partial charge in [0, 0.05) is 6.07 Å². The molecule has 0 bridgehead atoms. The van der Waals surface area contributed by atoms with Crippen molar-refractivity contribution in [3.05, 3.63) is 101 Å². The van der Waals surface area contributed by atoms with Crippen LogP contribution in [0.25, 0.3) is 0 Å². The summed E-state index contributed by atoms with van der Waals surface area (Å²) in [5.74, 6) is 0.208. The second-order valence-electron chi connectivity index (χ2n) is 8.24. The molecule has 34 heavy (non-hydrogen) atoms. The molecule has 0 radical (unpaired) electrons. The van der Waals surface area contributed by atoms with E-state index in [2.05, 4.69) is 0 Å². The number of hydrogen-bond donors (Lipinski definition) is 5. The first-order valence-corrected chi connectivity index (χ1v) is 11.0. The number of hydrogen-bond acceptors (Lipinski definition) is 6. The molecule has 0 fully saturated rings. The minimum Gasteiger partial charge on any atom is -0.508 e. The molecule has 4 aromatic rings. The number of rotatable bonds is 8. The zero-order valence-corrected chi connectivity index (χ0v) is 18.5. The Balaban J connectivity index is 1.45. The van der Waals surface area contributed by atoms with Crippen LogP contribution in [0.4, 0.5) is 0 Å². The van der Waals surface area contributed by atoms with Gasteiger partial charge >= 0.3 is 0 Å². The highest BCUT2D eigenvalue weighted by Gasteiger charge is 2.14. The van der Waals surface area contributed by atoms with E-state index in [1.807, 2.05) is 18.2 Å². The van der Waals surface area contributed by atoms with Gasteiger partial charge < -0.3 is 30.3 Å². The van der Waals surface area contributed by atoms with Crippen molar-refractivity contribution >= 4 is 0 Å². The Kier molecular flexibility index (Phi) is 6.78. The van der Waals surface area contributed by atoms with Crippen molar-refractivity contribution in [3.8, 4) is 40.2 Å². The summed E-state index contributed by atoms with van der Waals surface area (Å²) in [6.07, 6.45) is 2.51. The average molecular weight is 459 g/mol. The molecular formula is C28H26O6. The van der Waals surface area contributed by atoms with Gasteiger partial charge in [-0.1, -0.05) is 24.3 Å². The van der Waals surface area contributed by atoms with Crippen molar-refractivity contribution in [1.29, 1.82) is 0 Å². The van der Waals surface area contributed by atoms with Crippen molar-refractivity contribution in [1.82, 2.24) is 0 Å². The number of ether oxygens (including phenoxy) is 1. The zero-order valence-electron chi connectivity index (χ0n) is 18.5. The molecule has 0 aromatic heterocycles. The third kappa shape index (κ3) is 5.92. The van der Waals surface area contributed by atoms with Crippen LogP contribution in [-0.2, 0) is 25.7 Å². The predicted octanol–water partition coefficient (Wildman–Crippen LogP) is 5.58.